The number of phosphoric acid groups is 1. The molecule has 12 nitrogen and oxygen atoms in total. The molecule has 0 radical (unpaired) electrons. The second-order valence-electron chi connectivity index (χ2n) is 6.63. The number of carbonyl (C=O) groups is 1. The van der Waals surface area contributed by atoms with Crippen molar-refractivity contribution >= 4 is 36.1 Å². The summed E-state index contributed by atoms with van der Waals surface area (Å²) in [5.41, 5.74) is 12.7. The summed E-state index contributed by atoms with van der Waals surface area (Å²) in [4.78, 5) is 26.3. The van der Waals surface area contributed by atoms with E-state index in [9.17, 15) is 18.6 Å². The summed E-state index contributed by atoms with van der Waals surface area (Å²) >= 11 is 0. The van der Waals surface area contributed by atoms with Gasteiger partial charge in [-0.3, -0.25) is 23.8 Å². The number of nitrogens with two attached hydrogens (primary N) is 2. The Morgan fingerprint density at radius 2 is 2.03 bits per heavy atom. The zero-order valence-corrected chi connectivity index (χ0v) is 17.5. The number of rotatable bonds is 6. The van der Waals surface area contributed by atoms with Crippen LogP contribution in [0.15, 0.2) is 35.2 Å². The molecule has 0 amide bonds. The largest absolute Gasteiger partial charge is 0.547 e. The van der Waals surface area contributed by atoms with E-state index in [-0.39, 0.29) is 45.1 Å². The van der Waals surface area contributed by atoms with Crippen LogP contribution in [-0.2, 0) is 9.09 Å². The van der Waals surface area contributed by atoms with Gasteiger partial charge in [-0.15, -0.1) is 5.10 Å². The SMILES string of the molecule is COP(=O)(O)On1cc(-c2cnc(-c3cc(C(C)=O)c(N)cc3F)c3c(N)noc23)cn1. The van der Waals surface area contributed by atoms with Gasteiger partial charge in [0.2, 0.25) is 0 Å². The average Bonchev–Trinajstić information content (AvgIpc) is 3.34. The number of phosphoric ester groups is 1. The molecule has 0 aliphatic rings. The Hall–Kier alpha value is -3.80. The molecule has 4 aromatic rings. The minimum absolute atomic E-state index is 0.00505. The predicted octanol–water partition coefficient (Wildman–Crippen LogP) is 2.43. The van der Waals surface area contributed by atoms with Crippen molar-refractivity contribution in [3.8, 4) is 22.4 Å². The van der Waals surface area contributed by atoms with Crippen molar-refractivity contribution in [1.82, 2.24) is 20.1 Å². The van der Waals surface area contributed by atoms with Crippen LogP contribution in [0.2, 0.25) is 0 Å². The molecule has 0 saturated carbocycles. The smallest absolute Gasteiger partial charge is 0.398 e. The maximum Gasteiger partial charge on any atom is 0.547 e. The number of ketones is 1. The highest BCUT2D eigenvalue weighted by Gasteiger charge is 2.24. The average molecular weight is 462 g/mol. The molecule has 32 heavy (non-hydrogen) atoms. The third-order valence-corrected chi connectivity index (χ3v) is 5.42. The number of halogens is 1. The Kier molecular flexibility index (Phi) is 5.17. The Balaban J connectivity index is 1.86. The Labute approximate surface area is 179 Å². The predicted molar refractivity (Wildman–Crippen MR) is 111 cm³/mol. The summed E-state index contributed by atoms with van der Waals surface area (Å²) in [5.74, 6) is -1.12. The molecular weight excluding hydrogens is 446 g/mol. The van der Waals surface area contributed by atoms with Crippen LogP contribution in [0.1, 0.15) is 17.3 Å². The minimum Gasteiger partial charge on any atom is -0.398 e. The fraction of sp³-hybridized carbons (Fsp3) is 0.111. The summed E-state index contributed by atoms with van der Waals surface area (Å²) < 4.78 is 40.7. The van der Waals surface area contributed by atoms with Crippen LogP contribution in [0, 0.1) is 5.82 Å². The van der Waals surface area contributed by atoms with E-state index in [1.54, 1.807) is 0 Å². The first-order valence-corrected chi connectivity index (χ1v) is 10.4. The molecule has 1 unspecified atom stereocenters. The van der Waals surface area contributed by atoms with Crippen LogP contribution in [-0.4, -0.2) is 37.9 Å². The van der Waals surface area contributed by atoms with Crippen LogP contribution in [0.3, 0.4) is 0 Å². The van der Waals surface area contributed by atoms with E-state index < -0.39 is 13.6 Å². The van der Waals surface area contributed by atoms with Crippen molar-refractivity contribution < 1.29 is 32.3 Å². The third kappa shape index (κ3) is 3.68. The van der Waals surface area contributed by atoms with Crippen LogP contribution < -0.4 is 16.1 Å². The second kappa shape index (κ2) is 7.71. The van der Waals surface area contributed by atoms with E-state index in [0.717, 1.165) is 18.0 Å². The van der Waals surface area contributed by atoms with E-state index in [1.807, 2.05) is 0 Å². The first-order valence-electron chi connectivity index (χ1n) is 8.89. The Morgan fingerprint density at radius 3 is 2.72 bits per heavy atom. The van der Waals surface area contributed by atoms with Crippen LogP contribution in [0.25, 0.3) is 33.4 Å². The highest BCUT2D eigenvalue weighted by atomic mass is 31.2. The molecule has 1 aromatic carbocycles. The van der Waals surface area contributed by atoms with Crippen LogP contribution in [0.5, 0.6) is 0 Å². The van der Waals surface area contributed by atoms with Gasteiger partial charge in [0.15, 0.2) is 17.2 Å². The number of benzene rings is 1. The summed E-state index contributed by atoms with van der Waals surface area (Å²) in [6, 6.07) is 2.32. The Morgan fingerprint density at radius 1 is 1.28 bits per heavy atom. The highest BCUT2D eigenvalue weighted by molar-refractivity contribution is 7.47. The summed E-state index contributed by atoms with van der Waals surface area (Å²) in [6.45, 7) is 1.31. The number of Topliss-reactive ketones (excluding diaryl/α,β-unsaturated/α-hetero) is 1. The van der Waals surface area contributed by atoms with Crippen LogP contribution in [0.4, 0.5) is 15.9 Å². The highest BCUT2D eigenvalue weighted by Crippen LogP contribution is 2.40. The van der Waals surface area contributed by atoms with Gasteiger partial charge in [-0.1, -0.05) is 10.0 Å². The number of nitrogen functional groups attached to an aromatic ring is 2. The monoisotopic (exact) mass is 462 g/mol. The van der Waals surface area contributed by atoms with E-state index in [4.69, 9.17) is 20.6 Å². The van der Waals surface area contributed by atoms with Crippen LogP contribution >= 0.6 is 7.82 Å². The molecule has 166 valence electrons. The number of nitrogens with zero attached hydrogens (tertiary/aromatic N) is 4. The lowest BCUT2D eigenvalue weighted by Gasteiger charge is -2.10. The van der Waals surface area contributed by atoms with Gasteiger partial charge in [0.25, 0.3) is 0 Å². The van der Waals surface area contributed by atoms with Crippen molar-refractivity contribution in [1.29, 1.82) is 0 Å². The molecule has 0 fully saturated rings. The van der Waals surface area contributed by atoms with E-state index in [0.29, 0.717) is 11.1 Å². The van der Waals surface area contributed by atoms with E-state index >= 15 is 0 Å². The van der Waals surface area contributed by atoms with E-state index in [1.165, 1.54) is 31.6 Å². The molecule has 0 aliphatic carbocycles. The Bertz CT molecular complexity index is 1420. The van der Waals surface area contributed by atoms with Gasteiger partial charge in [0.1, 0.15) is 5.82 Å². The molecule has 14 heteroatoms. The molecule has 0 saturated heterocycles. The van der Waals surface area contributed by atoms with Crippen molar-refractivity contribution in [3.05, 3.63) is 42.1 Å². The van der Waals surface area contributed by atoms with Gasteiger partial charge in [-0.05, 0) is 19.1 Å². The topological polar surface area (TPSA) is 182 Å². The standard InChI is InChI=1S/C18H16FN6O6P/c1-8(26)10-3-11(13(19)4-14(10)20)16-15-17(30-24-18(15)21)12(6-22-16)9-5-23-25(7-9)31-32(27,28)29-2/h3-7H,20H2,1-2H3,(H2,21,24)(H,27,28). The lowest BCUT2D eigenvalue weighted by atomic mass is 9.99. The normalized spacial score (nSPS) is 13.2. The fourth-order valence-electron chi connectivity index (χ4n) is 3.08. The minimum atomic E-state index is -4.34. The number of anilines is 2. The summed E-state index contributed by atoms with van der Waals surface area (Å²) in [6.07, 6.45) is 3.93. The van der Waals surface area contributed by atoms with Gasteiger partial charge in [0, 0.05) is 41.2 Å². The molecule has 1 atom stereocenters. The number of pyridine rings is 1. The van der Waals surface area contributed by atoms with Gasteiger partial charge < -0.3 is 16.0 Å². The molecule has 3 aromatic heterocycles. The van der Waals surface area contributed by atoms with Crippen molar-refractivity contribution in [2.75, 3.05) is 18.6 Å². The summed E-state index contributed by atoms with van der Waals surface area (Å²) in [7, 11) is -3.34. The molecular formula is C18H16FN6O6P. The quantitative estimate of drug-likeness (QED) is 0.217. The number of fused-ring (bicyclic) bond motifs is 1. The zero-order valence-electron chi connectivity index (χ0n) is 16.6. The first-order chi connectivity index (χ1) is 15.1. The maximum absolute atomic E-state index is 14.7. The van der Waals surface area contributed by atoms with E-state index in [2.05, 4.69) is 19.8 Å². The zero-order chi connectivity index (χ0) is 23.2. The third-order valence-electron chi connectivity index (χ3n) is 4.58. The molecule has 0 bridgehead atoms. The fourth-order valence-corrected chi connectivity index (χ4v) is 3.45. The van der Waals surface area contributed by atoms with Crippen molar-refractivity contribution in [3.63, 3.8) is 0 Å². The van der Waals surface area contributed by atoms with Crippen molar-refractivity contribution in [2.24, 2.45) is 0 Å². The van der Waals surface area contributed by atoms with Crippen molar-refractivity contribution in [2.45, 2.75) is 6.92 Å². The number of hydrogen-bond acceptors (Lipinski definition) is 10. The molecule has 4 rings (SSSR count). The van der Waals surface area contributed by atoms with Gasteiger partial charge in [-0.25, -0.2) is 8.96 Å². The molecule has 0 aliphatic heterocycles. The number of carbonyl (C=O) groups excluding carboxylic acids is 1. The number of hydrogen-bond donors (Lipinski definition) is 3. The first kappa shape index (κ1) is 21.4. The molecule has 0 spiro atoms. The van der Waals surface area contributed by atoms with Gasteiger partial charge >= 0.3 is 7.82 Å². The lowest BCUT2D eigenvalue weighted by Crippen LogP contribution is -2.09. The molecule has 5 N–H and O–H groups in total. The maximum atomic E-state index is 14.7. The van der Waals surface area contributed by atoms with Gasteiger partial charge in [0.05, 0.1) is 23.5 Å². The summed E-state index contributed by atoms with van der Waals surface area (Å²) in [5, 5.41) is 7.76. The number of aromatic nitrogens is 4. The second-order valence-corrected chi connectivity index (χ2v) is 8.10. The molecule has 3 heterocycles. The van der Waals surface area contributed by atoms with Gasteiger partial charge in [-0.2, -0.15) is 0 Å². The lowest BCUT2D eigenvalue weighted by molar-refractivity contribution is 0.101.